The van der Waals surface area contributed by atoms with Crippen molar-refractivity contribution in [2.24, 2.45) is 0 Å². The van der Waals surface area contributed by atoms with Gasteiger partial charge in [0.1, 0.15) is 17.1 Å². The number of thiocarbonyl (C=S) groups is 1. The molecule has 13 heteroatoms. The first-order valence-electron chi connectivity index (χ1n) is 9.45. The number of benzene rings is 1. The van der Waals surface area contributed by atoms with Crippen molar-refractivity contribution < 1.29 is 18.7 Å². The number of anilines is 2. The monoisotopic (exact) mass is 510 g/mol. The molecular weight excluding hydrogens is 491 g/mol. The summed E-state index contributed by atoms with van der Waals surface area (Å²) >= 11 is 12.5. The van der Waals surface area contributed by atoms with Gasteiger partial charge in [0, 0.05) is 19.1 Å². The summed E-state index contributed by atoms with van der Waals surface area (Å²) in [5, 5.41) is 10.8. The Bertz CT molecular complexity index is 1230. The Morgan fingerprint density at radius 3 is 2.70 bits per heavy atom. The molecule has 0 saturated heterocycles. The zero-order valence-corrected chi connectivity index (χ0v) is 20.5. The maximum atomic E-state index is 13.2. The molecule has 0 saturated carbocycles. The van der Waals surface area contributed by atoms with E-state index in [1.807, 2.05) is 0 Å². The Morgan fingerprint density at radius 2 is 2.06 bits per heavy atom. The van der Waals surface area contributed by atoms with Crippen molar-refractivity contribution in [3.63, 3.8) is 0 Å². The number of methoxy groups -OCH3 is 1. The minimum absolute atomic E-state index is 0.114. The third kappa shape index (κ3) is 5.64. The molecule has 9 nitrogen and oxygen atoms in total. The van der Waals surface area contributed by atoms with Gasteiger partial charge in [0.05, 0.1) is 24.1 Å². The topological polar surface area (TPSA) is 101 Å². The number of halogens is 2. The van der Waals surface area contributed by atoms with Gasteiger partial charge in [-0.3, -0.25) is 10.1 Å². The van der Waals surface area contributed by atoms with Gasteiger partial charge in [-0.25, -0.2) is 18.9 Å². The average Bonchev–Trinajstić information content (AvgIpc) is 3.32. The summed E-state index contributed by atoms with van der Waals surface area (Å²) in [5.41, 5.74) is 1.39. The average molecular weight is 511 g/mol. The number of carbonyl (C=O) groups excluding carboxylic acids is 2. The molecule has 1 amide bonds. The van der Waals surface area contributed by atoms with Crippen LogP contribution in [-0.4, -0.2) is 57.9 Å². The van der Waals surface area contributed by atoms with Crippen LogP contribution in [0.1, 0.15) is 31.2 Å². The van der Waals surface area contributed by atoms with Gasteiger partial charge in [0.25, 0.3) is 5.91 Å². The zero-order valence-electron chi connectivity index (χ0n) is 18.1. The van der Waals surface area contributed by atoms with Crippen molar-refractivity contribution >= 4 is 63.1 Å². The number of nitrogens with one attached hydrogen (secondary N) is 2. The van der Waals surface area contributed by atoms with E-state index in [-0.39, 0.29) is 34.1 Å². The van der Waals surface area contributed by atoms with Crippen LogP contribution in [0.2, 0.25) is 5.02 Å². The first-order chi connectivity index (χ1) is 15.6. The molecular formula is C20H20ClFN6O3S2. The van der Waals surface area contributed by atoms with Crippen molar-refractivity contribution in [2.75, 3.05) is 31.8 Å². The van der Waals surface area contributed by atoms with Crippen molar-refractivity contribution in [1.29, 1.82) is 0 Å². The fourth-order valence-electron chi connectivity index (χ4n) is 2.84. The van der Waals surface area contributed by atoms with E-state index >= 15 is 0 Å². The molecule has 0 spiro atoms. The highest BCUT2D eigenvalue weighted by Gasteiger charge is 2.26. The van der Waals surface area contributed by atoms with Gasteiger partial charge in [-0.05, 0) is 42.4 Å². The minimum Gasteiger partial charge on any atom is -0.465 e. The van der Waals surface area contributed by atoms with E-state index < -0.39 is 11.8 Å². The summed E-state index contributed by atoms with van der Waals surface area (Å²) in [6.45, 7) is 1.95. The Labute approximate surface area is 203 Å². The lowest BCUT2D eigenvalue weighted by atomic mass is 10.1. The molecule has 0 atom stereocenters. The molecule has 3 aromatic rings. The predicted octanol–water partition coefficient (Wildman–Crippen LogP) is 3.79. The number of thiophene rings is 1. The summed E-state index contributed by atoms with van der Waals surface area (Å²) < 4.78 is 19.6. The second kappa shape index (κ2) is 10.2. The van der Waals surface area contributed by atoms with E-state index in [1.54, 1.807) is 27.1 Å². The lowest BCUT2D eigenvalue weighted by Crippen LogP contribution is -2.21. The Morgan fingerprint density at radius 1 is 1.33 bits per heavy atom. The summed E-state index contributed by atoms with van der Waals surface area (Å²) in [5.74, 6) is -1.06. The maximum absolute atomic E-state index is 13.2. The molecule has 3 rings (SSSR count). The van der Waals surface area contributed by atoms with Crippen LogP contribution in [-0.2, 0) is 11.3 Å². The SMILES string of the molecule is COC(=O)c1c(NC(=S)Nc2ncn(Cc3ccc(F)cc3Cl)n2)sc(C(=O)N(C)C)c1C. The number of ether oxygens (including phenoxy) is 1. The number of hydrogen-bond donors (Lipinski definition) is 2. The Hall–Kier alpha value is -3.09. The quantitative estimate of drug-likeness (QED) is 0.381. The van der Waals surface area contributed by atoms with Crippen LogP contribution in [0.25, 0.3) is 0 Å². The molecule has 2 N–H and O–H groups in total. The molecule has 0 unspecified atom stereocenters. The molecule has 0 fully saturated rings. The summed E-state index contributed by atoms with van der Waals surface area (Å²) in [6, 6.07) is 4.11. The van der Waals surface area contributed by atoms with Gasteiger partial charge in [-0.2, -0.15) is 0 Å². The number of rotatable bonds is 6. The first-order valence-corrected chi connectivity index (χ1v) is 11.1. The van der Waals surface area contributed by atoms with Gasteiger partial charge < -0.3 is 15.0 Å². The number of hydrogen-bond acceptors (Lipinski definition) is 7. The van der Waals surface area contributed by atoms with Crippen molar-refractivity contribution in [3.05, 3.63) is 56.9 Å². The van der Waals surface area contributed by atoms with Crippen LogP contribution in [0, 0.1) is 12.7 Å². The molecule has 0 bridgehead atoms. The summed E-state index contributed by atoms with van der Waals surface area (Å²) in [7, 11) is 4.51. The molecule has 0 aliphatic rings. The smallest absolute Gasteiger partial charge is 0.341 e. The number of nitrogens with zero attached hydrogens (tertiary/aromatic N) is 4. The van der Waals surface area contributed by atoms with Crippen molar-refractivity contribution in [3.8, 4) is 0 Å². The lowest BCUT2D eigenvalue weighted by molar-refractivity contribution is 0.0601. The zero-order chi connectivity index (χ0) is 24.3. The number of esters is 1. The highest BCUT2D eigenvalue weighted by molar-refractivity contribution is 7.80. The van der Waals surface area contributed by atoms with E-state index in [9.17, 15) is 14.0 Å². The van der Waals surface area contributed by atoms with Crippen molar-refractivity contribution in [2.45, 2.75) is 13.5 Å². The molecule has 2 aromatic heterocycles. The fourth-order valence-corrected chi connectivity index (χ4v) is 4.55. The van der Waals surface area contributed by atoms with E-state index in [4.69, 9.17) is 28.6 Å². The van der Waals surface area contributed by atoms with Crippen LogP contribution < -0.4 is 10.6 Å². The molecule has 174 valence electrons. The number of amides is 1. The molecule has 0 aliphatic heterocycles. The number of carbonyl (C=O) groups is 2. The summed E-state index contributed by atoms with van der Waals surface area (Å²) in [6.07, 6.45) is 1.47. The van der Waals surface area contributed by atoms with Gasteiger partial charge in [-0.1, -0.05) is 17.7 Å². The highest BCUT2D eigenvalue weighted by atomic mass is 35.5. The second-order valence-corrected chi connectivity index (χ2v) is 8.87. The first kappa shape index (κ1) is 24.6. The fraction of sp³-hybridized carbons (Fsp3) is 0.250. The van der Waals surface area contributed by atoms with E-state index in [0.29, 0.717) is 21.0 Å². The standard InChI is InChI=1S/C20H20ClFN6O3S2/c1-10-14(18(30)31-4)16(33-15(10)17(29)27(2)3)24-20(32)25-19-23-9-28(26-19)8-11-5-6-12(22)7-13(11)21/h5-7,9H,8H2,1-4H3,(H2,24,25,26,32). The lowest BCUT2D eigenvalue weighted by Gasteiger charge is -2.08. The third-order valence-corrected chi connectivity index (χ3v) is 6.22. The van der Waals surface area contributed by atoms with E-state index in [1.165, 1.54) is 35.2 Å². The normalized spacial score (nSPS) is 10.6. The van der Waals surface area contributed by atoms with Gasteiger partial charge in [0.2, 0.25) is 5.95 Å². The van der Waals surface area contributed by atoms with Crippen molar-refractivity contribution in [1.82, 2.24) is 19.7 Å². The van der Waals surface area contributed by atoms with Gasteiger partial charge in [-0.15, -0.1) is 16.4 Å². The van der Waals surface area contributed by atoms with E-state index in [2.05, 4.69) is 20.7 Å². The Balaban J connectivity index is 1.75. The van der Waals surface area contributed by atoms with E-state index in [0.717, 1.165) is 11.3 Å². The minimum atomic E-state index is -0.592. The molecule has 0 aliphatic carbocycles. The third-order valence-electron chi connectivity index (χ3n) is 4.47. The largest absolute Gasteiger partial charge is 0.465 e. The van der Waals surface area contributed by atoms with Crippen LogP contribution in [0.5, 0.6) is 0 Å². The van der Waals surface area contributed by atoms with Crippen LogP contribution in [0.4, 0.5) is 15.3 Å². The molecule has 2 heterocycles. The Kier molecular flexibility index (Phi) is 7.61. The van der Waals surface area contributed by atoms with Crippen LogP contribution in [0.3, 0.4) is 0 Å². The predicted molar refractivity (Wildman–Crippen MR) is 129 cm³/mol. The maximum Gasteiger partial charge on any atom is 0.341 e. The van der Waals surface area contributed by atoms with Crippen LogP contribution in [0.15, 0.2) is 24.5 Å². The van der Waals surface area contributed by atoms with Gasteiger partial charge >= 0.3 is 5.97 Å². The molecule has 0 radical (unpaired) electrons. The van der Waals surface area contributed by atoms with Crippen LogP contribution >= 0.6 is 35.2 Å². The number of aromatic nitrogens is 3. The second-order valence-electron chi connectivity index (χ2n) is 7.03. The molecule has 33 heavy (non-hydrogen) atoms. The van der Waals surface area contributed by atoms with Gasteiger partial charge in [0.15, 0.2) is 5.11 Å². The molecule has 1 aromatic carbocycles. The summed E-state index contributed by atoms with van der Waals surface area (Å²) in [4.78, 5) is 30.7. The highest BCUT2D eigenvalue weighted by Crippen LogP contribution is 2.34.